The van der Waals surface area contributed by atoms with Crippen LogP contribution in [0.5, 0.6) is 11.5 Å². The van der Waals surface area contributed by atoms with Gasteiger partial charge < -0.3 is 14.8 Å². The van der Waals surface area contributed by atoms with Gasteiger partial charge in [0.1, 0.15) is 24.7 Å². The molecule has 0 unspecified atom stereocenters. The predicted molar refractivity (Wildman–Crippen MR) is 108 cm³/mol. The van der Waals surface area contributed by atoms with E-state index in [4.69, 9.17) is 32.7 Å². The normalized spacial score (nSPS) is 10.4. The maximum Gasteiger partial charge on any atom is 0.122 e. The summed E-state index contributed by atoms with van der Waals surface area (Å²) < 4.78 is 11.4. The molecule has 0 heterocycles. The molecule has 0 fully saturated rings. The number of benzene rings is 3. The molecule has 134 valence electrons. The van der Waals surface area contributed by atoms with Crippen molar-refractivity contribution >= 4 is 28.9 Å². The molecule has 0 bridgehead atoms. The van der Waals surface area contributed by atoms with Crippen LogP contribution in [0, 0.1) is 0 Å². The Labute approximate surface area is 163 Å². The number of anilines is 1. The second-order valence-corrected chi connectivity index (χ2v) is 6.47. The molecule has 3 aromatic carbocycles. The van der Waals surface area contributed by atoms with Gasteiger partial charge in [0.05, 0.1) is 0 Å². The molecule has 3 aromatic rings. The van der Waals surface area contributed by atoms with Gasteiger partial charge in [-0.15, -0.1) is 0 Å². The summed E-state index contributed by atoms with van der Waals surface area (Å²) >= 11 is 12.1. The second kappa shape index (κ2) is 9.37. The summed E-state index contributed by atoms with van der Waals surface area (Å²) in [6, 6.07) is 23.0. The van der Waals surface area contributed by atoms with E-state index in [2.05, 4.69) is 5.32 Å². The van der Waals surface area contributed by atoms with Gasteiger partial charge in [-0.3, -0.25) is 0 Å². The fraction of sp³-hybridized carbons (Fsp3) is 0.143. The van der Waals surface area contributed by atoms with Gasteiger partial charge in [0.25, 0.3) is 0 Å². The van der Waals surface area contributed by atoms with Gasteiger partial charge in [0.15, 0.2) is 0 Å². The van der Waals surface area contributed by atoms with Crippen LogP contribution in [-0.2, 0) is 6.54 Å². The van der Waals surface area contributed by atoms with Gasteiger partial charge in [-0.05, 0) is 42.0 Å². The first-order chi connectivity index (χ1) is 12.7. The smallest absolute Gasteiger partial charge is 0.122 e. The van der Waals surface area contributed by atoms with Crippen LogP contribution in [-0.4, -0.2) is 13.2 Å². The first-order valence-electron chi connectivity index (χ1n) is 8.29. The number of hydrogen-bond acceptors (Lipinski definition) is 3. The molecule has 3 rings (SSSR count). The van der Waals surface area contributed by atoms with Crippen molar-refractivity contribution in [1.82, 2.24) is 0 Å². The fourth-order valence-electron chi connectivity index (χ4n) is 2.39. The Hall–Kier alpha value is -2.36. The minimum absolute atomic E-state index is 0.474. The molecular formula is C21H19Cl2NO2. The lowest BCUT2D eigenvalue weighted by molar-refractivity contribution is 0.217. The number of hydrogen-bond donors (Lipinski definition) is 1. The first kappa shape index (κ1) is 18.4. The van der Waals surface area contributed by atoms with Crippen LogP contribution in [0.2, 0.25) is 10.0 Å². The third-order valence-corrected chi connectivity index (χ3v) is 4.28. The molecule has 0 aliphatic rings. The maximum atomic E-state index is 6.20. The van der Waals surface area contributed by atoms with Gasteiger partial charge in [-0.2, -0.15) is 0 Å². The maximum absolute atomic E-state index is 6.20. The van der Waals surface area contributed by atoms with Gasteiger partial charge in [-0.1, -0.05) is 53.5 Å². The van der Waals surface area contributed by atoms with Crippen LogP contribution in [0.25, 0.3) is 0 Å². The van der Waals surface area contributed by atoms with Crippen LogP contribution < -0.4 is 14.8 Å². The van der Waals surface area contributed by atoms with Crippen molar-refractivity contribution < 1.29 is 9.47 Å². The van der Waals surface area contributed by atoms with Crippen molar-refractivity contribution in [2.75, 3.05) is 18.5 Å². The van der Waals surface area contributed by atoms with Crippen molar-refractivity contribution in [3.8, 4) is 11.5 Å². The van der Waals surface area contributed by atoms with E-state index >= 15 is 0 Å². The first-order valence-corrected chi connectivity index (χ1v) is 9.05. The Bertz CT molecular complexity index is 840. The van der Waals surface area contributed by atoms with Crippen molar-refractivity contribution in [3.05, 3.63) is 88.4 Å². The molecular weight excluding hydrogens is 369 g/mol. The molecule has 0 atom stereocenters. The second-order valence-electron chi connectivity index (χ2n) is 5.63. The minimum Gasteiger partial charge on any atom is -0.490 e. The zero-order valence-electron chi connectivity index (χ0n) is 14.1. The highest BCUT2D eigenvalue weighted by Gasteiger charge is 2.02. The Kier molecular flexibility index (Phi) is 6.64. The van der Waals surface area contributed by atoms with Gasteiger partial charge in [0, 0.05) is 28.3 Å². The Balaban J connectivity index is 1.48. The molecule has 0 aliphatic heterocycles. The average molecular weight is 388 g/mol. The Morgan fingerprint density at radius 1 is 0.731 bits per heavy atom. The average Bonchev–Trinajstić information content (AvgIpc) is 2.66. The summed E-state index contributed by atoms with van der Waals surface area (Å²) in [4.78, 5) is 0. The lowest BCUT2D eigenvalue weighted by Gasteiger charge is -2.11. The third kappa shape index (κ3) is 5.58. The van der Waals surface area contributed by atoms with Crippen LogP contribution in [0.4, 0.5) is 5.69 Å². The van der Waals surface area contributed by atoms with Crippen molar-refractivity contribution in [2.45, 2.75) is 6.54 Å². The van der Waals surface area contributed by atoms with Gasteiger partial charge in [-0.25, -0.2) is 0 Å². The van der Waals surface area contributed by atoms with E-state index in [0.29, 0.717) is 29.8 Å². The standard InChI is InChI=1S/C21H19Cl2NO2/c22-17-10-9-16(21(23)13-17)15-24-18-5-4-8-20(14-18)26-12-11-25-19-6-2-1-3-7-19/h1-10,13-14,24H,11-12,15H2. The lowest BCUT2D eigenvalue weighted by atomic mass is 10.2. The summed E-state index contributed by atoms with van der Waals surface area (Å²) in [6.45, 7) is 1.57. The van der Waals surface area contributed by atoms with E-state index in [1.165, 1.54) is 0 Å². The molecule has 26 heavy (non-hydrogen) atoms. The van der Waals surface area contributed by atoms with Crippen molar-refractivity contribution in [1.29, 1.82) is 0 Å². The highest BCUT2D eigenvalue weighted by molar-refractivity contribution is 6.35. The van der Waals surface area contributed by atoms with E-state index in [1.807, 2.05) is 66.7 Å². The van der Waals surface area contributed by atoms with Crippen LogP contribution in [0.3, 0.4) is 0 Å². The van der Waals surface area contributed by atoms with E-state index < -0.39 is 0 Å². The molecule has 0 spiro atoms. The summed E-state index contributed by atoms with van der Waals surface area (Å²) in [5.74, 6) is 1.63. The van der Waals surface area contributed by atoms with Crippen LogP contribution >= 0.6 is 23.2 Å². The number of ether oxygens (including phenoxy) is 2. The van der Waals surface area contributed by atoms with Gasteiger partial charge in [0.2, 0.25) is 0 Å². The number of nitrogens with one attached hydrogen (secondary N) is 1. The Morgan fingerprint density at radius 2 is 1.46 bits per heavy atom. The molecule has 1 N–H and O–H groups in total. The van der Waals surface area contributed by atoms with Crippen molar-refractivity contribution in [2.24, 2.45) is 0 Å². The molecule has 5 heteroatoms. The summed E-state index contributed by atoms with van der Waals surface area (Å²) in [5, 5.41) is 4.62. The van der Waals surface area contributed by atoms with Crippen LogP contribution in [0.1, 0.15) is 5.56 Å². The topological polar surface area (TPSA) is 30.5 Å². The highest BCUT2D eigenvalue weighted by atomic mass is 35.5. The predicted octanol–water partition coefficient (Wildman–Crippen LogP) is 6.06. The molecule has 0 radical (unpaired) electrons. The molecule has 0 saturated heterocycles. The quantitative estimate of drug-likeness (QED) is 0.476. The summed E-state index contributed by atoms with van der Waals surface area (Å²) in [7, 11) is 0. The number of rotatable bonds is 8. The number of halogens is 2. The highest BCUT2D eigenvalue weighted by Crippen LogP contribution is 2.23. The third-order valence-electron chi connectivity index (χ3n) is 3.70. The van der Waals surface area contributed by atoms with E-state index in [9.17, 15) is 0 Å². The molecule has 0 aliphatic carbocycles. The SMILES string of the molecule is Clc1ccc(CNc2cccc(OCCOc3ccccc3)c2)c(Cl)c1. The zero-order chi connectivity index (χ0) is 18.2. The minimum atomic E-state index is 0.474. The van der Waals surface area contributed by atoms with E-state index in [-0.39, 0.29) is 0 Å². The van der Waals surface area contributed by atoms with E-state index in [0.717, 1.165) is 22.7 Å². The molecule has 3 nitrogen and oxygen atoms in total. The molecule has 0 amide bonds. The number of para-hydroxylation sites is 1. The van der Waals surface area contributed by atoms with E-state index in [1.54, 1.807) is 6.07 Å². The largest absolute Gasteiger partial charge is 0.490 e. The molecule has 0 saturated carbocycles. The monoisotopic (exact) mass is 387 g/mol. The Morgan fingerprint density at radius 3 is 2.23 bits per heavy atom. The summed E-state index contributed by atoms with van der Waals surface area (Å²) in [6.07, 6.45) is 0. The molecule has 0 aromatic heterocycles. The van der Waals surface area contributed by atoms with Crippen molar-refractivity contribution in [3.63, 3.8) is 0 Å². The van der Waals surface area contributed by atoms with Crippen LogP contribution in [0.15, 0.2) is 72.8 Å². The lowest BCUT2D eigenvalue weighted by Crippen LogP contribution is -2.09. The zero-order valence-corrected chi connectivity index (χ0v) is 15.6. The van der Waals surface area contributed by atoms with Gasteiger partial charge >= 0.3 is 0 Å². The summed E-state index contributed by atoms with van der Waals surface area (Å²) in [5.41, 5.74) is 1.94. The fourth-order valence-corrected chi connectivity index (χ4v) is 2.87.